The molecule has 17 heavy (non-hydrogen) atoms. The summed E-state index contributed by atoms with van der Waals surface area (Å²) < 4.78 is 0. The van der Waals surface area contributed by atoms with Gasteiger partial charge in [-0.25, -0.2) is 0 Å². The van der Waals surface area contributed by atoms with E-state index in [1.807, 2.05) is 13.8 Å². The molecule has 1 rings (SSSR count). The minimum absolute atomic E-state index is 0.00134. The number of nitrogens with zero attached hydrogens (tertiary/aromatic N) is 1. The summed E-state index contributed by atoms with van der Waals surface area (Å²) in [5.41, 5.74) is -0.765. The van der Waals surface area contributed by atoms with E-state index in [1.54, 1.807) is 24.8 Å². The van der Waals surface area contributed by atoms with Crippen LogP contribution in [0, 0.1) is 0 Å². The number of nitrogens with one attached hydrogen (secondary N) is 1. The average Bonchev–Trinajstić information content (AvgIpc) is 2.27. The normalized spacial score (nSPS) is 31.1. The van der Waals surface area contributed by atoms with Crippen LogP contribution >= 0.6 is 0 Å². The molecule has 96 valence electrons. The van der Waals surface area contributed by atoms with Crippen molar-refractivity contribution >= 4 is 11.8 Å². The molecular weight excluding hydrogens is 216 g/mol. The topological polar surface area (TPSA) is 49.4 Å². The summed E-state index contributed by atoms with van der Waals surface area (Å²) in [4.78, 5) is 26.0. The van der Waals surface area contributed by atoms with E-state index in [0.717, 1.165) is 0 Å². The molecule has 1 aliphatic rings. The van der Waals surface area contributed by atoms with Crippen molar-refractivity contribution in [3.05, 3.63) is 12.7 Å². The number of amides is 2. The number of piperazine rings is 1. The third-order valence-electron chi connectivity index (χ3n) is 3.59. The Kier molecular flexibility index (Phi) is 3.96. The smallest absolute Gasteiger partial charge is 0.248 e. The SMILES string of the molecule is C=CCC(C)N1C(=O)C(C)(CC)NC(=O)C1C. The Morgan fingerprint density at radius 3 is 2.65 bits per heavy atom. The second-order valence-electron chi connectivity index (χ2n) is 4.94. The van der Waals surface area contributed by atoms with Gasteiger partial charge in [-0.3, -0.25) is 9.59 Å². The van der Waals surface area contributed by atoms with Crippen LogP contribution in [0.5, 0.6) is 0 Å². The second kappa shape index (κ2) is 4.90. The first-order valence-corrected chi connectivity index (χ1v) is 6.13. The average molecular weight is 238 g/mol. The van der Waals surface area contributed by atoms with E-state index in [9.17, 15) is 9.59 Å². The van der Waals surface area contributed by atoms with Gasteiger partial charge in [0.15, 0.2) is 0 Å². The van der Waals surface area contributed by atoms with Crippen LogP contribution in [0.1, 0.15) is 40.5 Å². The summed E-state index contributed by atoms with van der Waals surface area (Å²) in [6, 6.07) is -0.399. The summed E-state index contributed by atoms with van der Waals surface area (Å²) in [6.45, 7) is 11.1. The predicted octanol–water partition coefficient (Wildman–Crippen LogP) is 1.47. The van der Waals surface area contributed by atoms with Gasteiger partial charge in [-0.15, -0.1) is 6.58 Å². The van der Waals surface area contributed by atoms with E-state index in [1.165, 1.54) is 0 Å². The van der Waals surface area contributed by atoms with Crippen LogP contribution in [-0.2, 0) is 9.59 Å². The van der Waals surface area contributed by atoms with E-state index in [2.05, 4.69) is 11.9 Å². The zero-order valence-corrected chi connectivity index (χ0v) is 11.1. The van der Waals surface area contributed by atoms with Crippen LogP contribution in [0.4, 0.5) is 0 Å². The van der Waals surface area contributed by atoms with Crippen molar-refractivity contribution in [1.29, 1.82) is 0 Å². The maximum atomic E-state index is 12.4. The van der Waals surface area contributed by atoms with Gasteiger partial charge in [0, 0.05) is 6.04 Å². The molecule has 0 spiro atoms. The molecule has 0 aromatic rings. The van der Waals surface area contributed by atoms with Gasteiger partial charge in [0.2, 0.25) is 11.8 Å². The highest BCUT2D eigenvalue weighted by atomic mass is 16.2. The van der Waals surface area contributed by atoms with Crippen molar-refractivity contribution in [3.63, 3.8) is 0 Å². The predicted molar refractivity (Wildman–Crippen MR) is 67.4 cm³/mol. The molecule has 0 radical (unpaired) electrons. The number of carbonyl (C=O) groups is 2. The van der Waals surface area contributed by atoms with Crippen molar-refractivity contribution in [2.24, 2.45) is 0 Å². The summed E-state index contributed by atoms with van der Waals surface area (Å²) in [5, 5.41) is 2.81. The minimum atomic E-state index is -0.765. The van der Waals surface area contributed by atoms with E-state index in [0.29, 0.717) is 12.8 Å². The van der Waals surface area contributed by atoms with Gasteiger partial charge < -0.3 is 10.2 Å². The third-order valence-corrected chi connectivity index (χ3v) is 3.59. The van der Waals surface area contributed by atoms with Gasteiger partial charge >= 0.3 is 0 Å². The lowest BCUT2D eigenvalue weighted by atomic mass is 9.91. The molecule has 0 aromatic carbocycles. The fraction of sp³-hybridized carbons (Fsp3) is 0.692. The Morgan fingerprint density at radius 1 is 1.59 bits per heavy atom. The number of rotatable bonds is 4. The zero-order valence-electron chi connectivity index (χ0n) is 11.1. The Bertz CT molecular complexity index is 340. The second-order valence-corrected chi connectivity index (χ2v) is 4.94. The van der Waals surface area contributed by atoms with Crippen LogP contribution in [0.3, 0.4) is 0 Å². The summed E-state index contributed by atoms with van der Waals surface area (Å²) in [5.74, 6) is -0.0775. The minimum Gasteiger partial charge on any atom is -0.340 e. The molecule has 2 amide bonds. The van der Waals surface area contributed by atoms with Gasteiger partial charge in [-0.1, -0.05) is 13.0 Å². The fourth-order valence-electron chi connectivity index (χ4n) is 2.19. The van der Waals surface area contributed by atoms with Crippen molar-refractivity contribution in [2.75, 3.05) is 0 Å². The summed E-state index contributed by atoms with van der Waals surface area (Å²) in [7, 11) is 0. The Balaban J connectivity index is 3.03. The molecule has 1 saturated heterocycles. The van der Waals surface area contributed by atoms with Crippen molar-refractivity contribution in [1.82, 2.24) is 10.2 Å². The molecular formula is C13H22N2O2. The van der Waals surface area contributed by atoms with E-state index >= 15 is 0 Å². The molecule has 1 heterocycles. The van der Waals surface area contributed by atoms with Gasteiger partial charge in [-0.05, 0) is 33.6 Å². The van der Waals surface area contributed by atoms with Gasteiger partial charge in [0.1, 0.15) is 11.6 Å². The fourth-order valence-corrected chi connectivity index (χ4v) is 2.19. The van der Waals surface area contributed by atoms with E-state index in [4.69, 9.17) is 0 Å². The molecule has 3 atom stereocenters. The lowest BCUT2D eigenvalue weighted by Crippen LogP contribution is -2.69. The molecule has 0 aliphatic carbocycles. The van der Waals surface area contributed by atoms with Crippen molar-refractivity contribution in [3.8, 4) is 0 Å². The molecule has 1 N–H and O–H groups in total. The molecule has 0 aromatic heterocycles. The Hall–Kier alpha value is -1.32. The standard InChI is InChI=1S/C13H22N2O2/c1-6-8-9(3)15-10(4)11(16)14-13(5,7-2)12(15)17/h6,9-10H,1,7-8H2,2-5H3,(H,14,16). The maximum Gasteiger partial charge on any atom is 0.248 e. The number of hydrogen-bond donors (Lipinski definition) is 1. The monoisotopic (exact) mass is 238 g/mol. The first kappa shape index (κ1) is 13.7. The van der Waals surface area contributed by atoms with Crippen molar-refractivity contribution < 1.29 is 9.59 Å². The molecule has 4 nitrogen and oxygen atoms in total. The lowest BCUT2D eigenvalue weighted by molar-refractivity contribution is -0.156. The first-order chi connectivity index (χ1) is 7.87. The van der Waals surface area contributed by atoms with Crippen LogP contribution in [0.25, 0.3) is 0 Å². The lowest BCUT2D eigenvalue weighted by Gasteiger charge is -2.45. The largest absolute Gasteiger partial charge is 0.340 e. The Morgan fingerprint density at radius 2 is 2.18 bits per heavy atom. The van der Waals surface area contributed by atoms with Crippen LogP contribution < -0.4 is 5.32 Å². The molecule has 1 aliphatic heterocycles. The molecule has 0 saturated carbocycles. The number of carbonyl (C=O) groups excluding carboxylic acids is 2. The van der Waals surface area contributed by atoms with Gasteiger partial charge in [0.05, 0.1) is 0 Å². The van der Waals surface area contributed by atoms with E-state index < -0.39 is 11.6 Å². The summed E-state index contributed by atoms with van der Waals surface area (Å²) >= 11 is 0. The highest BCUT2D eigenvalue weighted by Gasteiger charge is 2.46. The van der Waals surface area contributed by atoms with Gasteiger partial charge in [-0.2, -0.15) is 0 Å². The molecule has 0 bridgehead atoms. The highest BCUT2D eigenvalue weighted by Crippen LogP contribution is 2.24. The highest BCUT2D eigenvalue weighted by molar-refractivity contribution is 5.99. The van der Waals surface area contributed by atoms with Crippen LogP contribution in [0.15, 0.2) is 12.7 Å². The van der Waals surface area contributed by atoms with E-state index in [-0.39, 0.29) is 17.9 Å². The molecule has 1 fully saturated rings. The third kappa shape index (κ3) is 2.35. The molecule has 3 unspecified atom stereocenters. The molecule has 4 heteroatoms. The van der Waals surface area contributed by atoms with Crippen LogP contribution in [0.2, 0.25) is 0 Å². The zero-order chi connectivity index (χ0) is 13.2. The maximum absolute atomic E-state index is 12.4. The van der Waals surface area contributed by atoms with Crippen molar-refractivity contribution in [2.45, 2.75) is 58.2 Å². The Labute approximate surface area is 103 Å². The summed E-state index contributed by atoms with van der Waals surface area (Å²) in [6.07, 6.45) is 3.07. The first-order valence-electron chi connectivity index (χ1n) is 6.13. The van der Waals surface area contributed by atoms with Crippen LogP contribution in [-0.4, -0.2) is 34.3 Å². The number of hydrogen-bond acceptors (Lipinski definition) is 2. The van der Waals surface area contributed by atoms with Gasteiger partial charge in [0.25, 0.3) is 0 Å². The quantitative estimate of drug-likeness (QED) is 0.754.